The van der Waals surface area contributed by atoms with E-state index in [0.717, 1.165) is 16.9 Å². The van der Waals surface area contributed by atoms with Crippen LogP contribution < -0.4 is 20.1 Å². The summed E-state index contributed by atoms with van der Waals surface area (Å²) >= 11 is 0. The van der Waals surface area contributed by atoms with Crippen molar-refractivity contribution in [3.8, 4) is 28.4 Å². The van der Waals surface area contributed by atoms with E-state index in [1.165, 1.54) is 6.33 Å². The number of hydrogen-bond acceptors (Lipinski definition) is 8. The quantitative estimate of drug-likeness (QED) is 0.403. The van der Waals surface area contributed by atoms with E-state index in [1.807, 2.05) is 68.4 Å². The molecule has 0 unspecified atom stereocenters. The molecule has 0 radical (unpaired) electrons. The maximum absolute atomic E-state index is 13.0. The molecule has 5 rings (SSSR count). The summed E-state index contributed by atoms with van der Waals surface area (Å²) in [5.41, 5.74) is 10.7. The fraction of sp³-hybridized carbons (Fsp3) is 0.259. The van der Waals surface area contributed by atoms with E-state index in [4.69, 9.17) is 20.3 Å². The molecule has 190 valence electrons. The highest BCUT2D eigenvalue weighted by Crippen LogP contribution is 2.37. The van der Waals surface area contributed by atoms with Crippen LogP contribution in [0, 0.1) is 6.92 Å². The Morgan fingerprint density at radius 3 is 2.84 bits per heavy atom. The SMILES string of the molecule is COc1cc(-c2nn(-c3ccc4c(c3)N(C(=O)/C=C/CN(C)C)CCO4)c3ncnc(N)c23)ccc1C. The van der Waals surface area contributed by atoms with Crippen LogP contribution in [0.4, 0.5) is 11.5 Å². The van der Waals surface area contributed by atoms with Gasteiger partial charge in [0.05, 0.1) is 30.4 Å². The molecule has 1 aliphatic rings. The van der Waals surface area contributed by atoms with E-state index in [1.54, 1.807) is 22.8 Å². The van der Waals surface area contributed by atoms with Gasteiger partial charge in [-0.05, 0) is 50.8 Å². The summed E-state index contributed by atoms with van der Waals surface area (Å²) in [7, 11) is 5.55. The lowest BCUT2D eigenvalue weighted by Crippen LogP contribution is -2.37. The molecule has 1 amide bonds. The van der Waals surface area contributed by atoms with Crippen LogP contribution in [0.15, 0.2) is 54.9 Å². The number of carbonyl (C=O) groups is 1. The lowest BCUT2D eigenvalue weighted by Gasteiger charge is -2.29. The summed E-state index contributed by atoms with van der Waals surface area (Å²) in [6, 6.07) is 11.5. The number of ether oxygens (including phenoxy) is 2. The largest absolute Gasteiger partial charge is 0.496 e. The number of amides is 1. The molecule has 10 nitrogen and oxygen atoms in total. The Morgan fingerprint density at radius 1 is 1.22 bits per heavy atom. The van der Waals surface area contributed by atoms with Crippen molar-refractivity contribution in [2.75, 3.05) is 51.5 Å². The molecule has 0 aliphatic carbocycles. The molecule has 37 heavy (non-hydrogen) atoms. The van der Waals surface area contributed by atoms with Gasteiger partial charge in [0.2, 0.25) is 0 Å². The van der Waals surface area contributed by atoms with Crippen molar-refractivity contribution in [3.63, 3.8) is 0 Å². The van der Waals surface area contributed by atoms with Crippen molar-refractivity contribution in [2.24, 2.45) is 0 Å². The van der Waals surface area contributed by atoms with Gasteiger partial charge in [0.25, 0.3) is 5.91 Å². The Labute approximate surface area is 214 Å². The molecule has 0 spiro atoms. The summed E-state index contributed by atoms with van der Waals surface area (Å²) < 4.78 is 13.1. The molecular formula is C27H29N7O3. The van der Waals surface area contributed by atoms with Gasteiger partial charge in [-0.1, -0.05) is 18.2 Å². The van der Waals surface area contributed by atoms with Crippen molar-refractivity contribution in [1.82, 2.24) is 24.6 Å². The molecule has 0 saturated heterocycles. The second-order valence-electron chi connectivity index (χ2n) is 9.06. The molecule has 4 aromatic rings. The first-order valence-electron chi connectivity index (χ1n) is 11.9. The minimum absolute atomic E-state index is 0.104. The van der Waals surface area contributed by atoms with Crippen molar-refractivity contribution < 1.29 is 14.3 Å². The molecule has 2 aromatic carbocycles. The minimum atomic E-state index is -0.104. The predicted molar refractivity (Wildman–Crippen MR) is 143 cm³/mol. The van der Waals surface area contributed by atoms with Gasteiger partial charge in [0.15, 0.2) is 5.65 Å². The average Bonchev–Trinajstić information content (AvgIpc) is 3.29. The van der Waals surface area contributed by atoms with Crippen molar-refractivity contribution in [1.29, 1.82) is 0 Å². The van der Waals surface area contributed by atoms with Gasteiger partial charge < -0.3 is 25.0 Å². The Bertz CT molecular complexity index is 1510. The third kappa shape index (κ3) is 4.58. The lowest BCUT2D eigenvalue weighted by molar-refractivity contribution is -0.114. The van der Waals surface area contributed by atoms with Crippen LogP contribution in [-0.4, -0.2) is 71.5 Å². The summed E-state index contributed by atoms with van der Waals surface area (Å²) in [4.78, 5) is 25.4. The second kappa shape index (κ2) is 9.90. The molecular weight excluding hydrogens is 470 g/mol. The number of benzene rings is 2. The van der Waals surface area contributed by atoms with Crippen molar-refractivity contribution >= 4 is 28.4 Å². The summed E-state index contributed by atoms with van der Waals surface area (Å²) in [6.07, 6.45) is 4.87. The standard InChI is InChI=1S/C27H29N7O3/c1-17-7-8-18(14-22(17)36-4)25-24-26(28)29-16-30-27(24)34(31-25)19-9-10-21-20(15-19)33(12-13-37-21)23(35)6-5-11-32(2)3/h5-10,14-16H,11-13H2,1-4H3,(H2,28,29,30)/b6-5+. The number of methoxy groups -OCH3 is 1. The molecule has 0 atom stereocenters. The van der Waals surface area contributed by atoms with Gasteiger partial charge in [-0.2, -0.15) is 5.10 Å². The molecule has 0 fully saturated rings. The van der Waals surface area contributed by atoms with E-state index in [0.29, 0.717) is 59.4 Å². The maximum atomic E-state index is 13.0. The maximum Gasteiger partial charge on any atom is 0.250 e. The number of nitrogen functional groups attached to an aromatic ring is 1. The minimum Gasteiger partial charge on any atom is -0.496 e. The number of hydrogen-bond donors (Lipinski definition) is 1. The monoisotopic (exact) mass is 499 g/mol. The van der Waals surface area contributed by atoms with Crippen molar-refractivity contribution in [2.45, 2.75) is 6.92 Å². The molecule has 1 aliphatic heterocycles. The number of nitrogens with two attached hydrogens (primary N) is 1. The van der Waals surface area contributed by atoms with E-state index in [-0.39, 0.29) is 5.91 Å². The fourth-order valence-electron chi connectivity index (χ4n) is 4.35. The van der Waals surface area contributed by atoms with Gasteiger partial charge in [-0.3, -0.25) is 4.79 Å². The lowest BCUT2D eigenvalue weighted by atomic mass is 10.1. The Balaban J connectivity index is 1.61. The molecule has 0 bridgehead atoms. The number of nitrogens with zero attached hydrogens (tertiary/aromatic N) is 6. The third-order valence-electron chi connectivity index (χ3n) is 6.22. The van der Waals surface area contributed by atoms with E-state index >= 15 is 0 Å². The number of carbonyl (C=O) groups excluding carboxylic acids is 1. The summed E-state index contributed by atoms with van der Waals surface area (Å²) in [5.74, 6) is 1.61. The third-order valence-corrected chi connectivity index (χ3v) is 6.22. The van der Waals surface area contributed by atoms with Crippen LogP contribution in [0.3, 0.4) is 0 Å². The number of rotatable bonds is 6. The number of fused-ring (bicyclic) bond motifs is 2. The first-order chi connectivity index (χ1) is 17.9. The molecule has 2 aromatic heterocycles. The highest BCUT2D eigenvalue weighted by Gasteiger charge is 2.25. The zero-order chi connectivity index (χ0) is 26.1. The van der Waals surface area contributed by atoms with Gasteiger partial charge >= 0.3 is 0 Å². The Kier molecular flexibility index (Phi) is 6.49. The first-order valence-corrected chi connectivity index (χ1v) is 11.9. The topological polar surface area (TPSA) is 112 Å². The fourth-order valence-corrected chi connectivity index (χ4v) is 4.35. The second-order valence-corrected chi connectivity index (χ2v) is 9.06. The normalized spacial score (nSPS) is 13.3. The summed E-state index contributed by atoms with van der Waals surface area (Å²) in [6.45, 7) is 3.53. The van der Waals surface area contributed by atoms with Gasteiger partial charge in [-0.25, -0.2) is 14.6 Å². The van der Waals surface area contributed by atoms with Crippen LogP contribution in [0.25, 0.3) is 28.0 Å². The van der Waals surface area contributed by atoms with Gasteiger partial charge in [0.1, 0.15) is 35.9 Å². The van der Waals surface area contributed by atoms with E-state index in [9.17, 15) is 4.79 Å². The average molecular weight is 500 g/mol. The molecule has 10 heteroatoms. The summed E-state index contributed by atoms with van der Waals surface area (Å²) in [5, 5.41) is 5.54. The van der Waals surface area contributed by atoms with Gasteiger partial charge in [-0.15, -0.1) is 0 Å². The van der Waals surface area contributed by atoms with Crippen molar-refractivity contribution in [3.05, 3.63) is 60.4 Å². The number of likely N-dealkylation sites (N-methyl/N-ethyl adjacent to an activating group) is 1. The first kappa shape index (κ1) is 24.3. The van der Waals surface area contributed by atoms with Crippen LogP contribution >= 0.6 is 0 Å². The molecule has 2 N–H and O–H groups in total. The van der Waals surface area contributed by atoms with E-state index < -0.39 is 0 Å². The zero-order valence-electron chi connectivity index (χ0n) is 21.3. The van der Waals surface area contributed by atoms with Crippen LogP contribution in [-0.2, 0) is 4.79 Å². The predicted octanol–water partition coefficient (Wildman–Crippen LogP) is 3.22. The zero-order valence-corrected chi connectivity index (χ0v) is 21.3. The Morgan fingerprint density at radius 2 is 2.05 bits per heavy atom. The molecule has 3 heterocycles. The highest BCUT2D eigenvalue weighted by molar-refractivity contribution is 6.03. The van der Waals surface area contributed by atoms with Crippen LogP contribution in [0.5, 0.6) is 11.5 Å². The number of aryl methyl sites for hydroxylation is 1. The highest BCUT2D eigenvalue weighted by atomic mass is 16.5. The van der Waals surface area contributed by atoms with Crippen LogP contribution in [0.2, 0.25) is 0 Å². The smallest absolute Gasteiger partial charge is 0.250 e. The van der Waals surface area contributed by atoms with Crippen LogP contribution in [0.1, 0.15) is 5.56 Å². The molecule has 0 saturated carbocycles. The number of aromatic nitrogens is 4. The van der Waals surface area contributed by atoms with Gasteiger partial charge in [0, 0.05) is 18.2 Å². The Hall–Kier alpha value is -4.44. The number of anilines is 2. The van der Waals surface area contributed by atoms with E-state index in [2.05, 4.69) is 9.97 Å².